The summed E-state index contributed by atoms with van der Waals surface area (Å²) in [4.78, 5) is 30.0. The van der Waals surface area contributed by atoms with Crippen LogP contribution in [0, 0.1) is 5.92 Å². The van der Waals surface area contributed by atoms with Gasteiger partial charge in [0.2, 0.25) is 5.91 Å². The number of carbonyl (C=O) groups is 2. The fraction of sp³-hybridized carbons (Fsp3) is 0.810. The molecule has 0 bridgehead atoms. The van der Waals surface area contributed by atoms with Gasteiger partial charge in [-0.2, -0.15) is 11.8 Å². The van der Waals surface area contributed by atoms with Crippen LogP contribution in [0.25, 0.3) is 0 Å². The number of amides is 2. The Morgan fingerprint density at radius 1 is 1.37 bits per heavy atom. The average molecular weight is 397 g/mol. The summed E-state index contributed by atoms with van der Waals surface area (Å²) in [6.45, 7) is 9.72. The summed E-state index contributed by atoms with van der Waals surface area (Å²) in [6.07, 6.45) is 6.88. The highest BCUT2D eigenvalue weighted by Crippen LogP contribution is 2.34. The maximum atomic E-state index is 13.4. The Kier molecular flexibility index (Phi) is 8.67. The van der Waals surface area contributed by atoms with E-state index in [0.29, 0.717) is 19.6 Å². The smallest absolute Gasteiger partial charge is 0.255 e. The third-order valence-corrected chi connectivity index (χ3v) is 6.89. The first-order valence-electron chi connectivity index (χ1n) is 10.4. The van der Waals surface area contributed by atoms with Gasteiger partial charge in [0.1, 0.15) is 5.60 Å². The number of ether oxygens (including phenoxy) is 1. The highest BCUT2D eigenvalue weighted by atomic mass is 32.2. The summed E-state index contributed by atoms with van der Waals surface area (Å²) >= 11 is 1.90. The Bertz CT molecular complexity index is 514. The lowest BCUT2D eigenvalue weighted by Gasteiger charge is -2.40. The van der Waals surface area contributed by atoms with Gasteiger partial charge in [0.05, 0.1) is 0 Å². The maximum absolute atomic E-state index is 13.4. The minimum Gasteiger partial charge on any atom is -0.365 e. The van der Waals surface area contributed by atoms with Crippen molar-refractivity contribution in [2.24, 2.45) is 5.92 Å². The topological polar surface area (TPSA) is 49.9 Å². The first-order valence-corrected chi connectivity index (χ1v) is 11.5. The fourth-order valence-electron chi connectivity index (χ4n) is 4.31. The minimum absolute atomic E-state index is 0.0109. The summed E-state index contributed by atoms with van der Waals surface area (Å²) < 4.78 is 6.04. The summed E-state index contributed by atoms with van der Waals surface area (Å²) in [6, 6.07) is 0.0968. The Morgan fingerprint density at radius 2 is 2.07 bits per heavy atom. The van der Waals surface area contributed by atoms with Crippen LogP contribution < -0.4 is 0 Å². The molecule has 2 rings (SSSR count). The van der Waals surface area contributed by atoms with Crippen LogP contribution in [0.5, 0.6) is 0 Å². The molecular weight excluding hydrogens is 360 g/mol. The van der Waals surface area contributed by atoms with Crippen molar-refractivity contribution in [3.8, 4) is 0 Å². The van der Waals surface area contributed by atoms with Crippen molar-refractivity contribution in [2.75, 3.05) is 38.2 Å². The lowest BCUT2D eigenvalue weighted by Crippen LogP contribution is -2.56. The van der Waals surface area contributed by atoms with Crippen molar-refractivity contribution in [3.05, 3.63) is 12.7 Å². The predicted octanol–water partition coefficient (Wildman–Crippen LogP) is 3.34. The SMILES string of the molecule is C=CCC(CC)C(=O)N(C)CC1CCCN1C(=O)C1(OCC)CCSCC1. The third-order valence-electron chi connectivity index (χ3n) is 5.90. The van der Waals surface area contributed by atoms with Crippen LogP contribution >= 0.6 is 11.8 Å². The molecule has 0 aromatic heterocycles. The molecule has 2 unspecified atom stereocenters. The second-order valence-electron chi connectivity index (χ2n) is 7.68. The summed E-state index contributed by atoms with van der Waals surface area (Å²) in [5, 5.41) is 0. The normalized spacial score (nSPS) is 23.1. The Hall–Kier alpha value is -1.01. The molecule has 0 spiro atoms. The van der Waals surface area contributed by atoms with Crippen molar-refractivity contribution >= 4 is 23.6 Å². The zero-order chi connectivity index (χ0) is 19.9. The molecule has 6 heteroatoms. The Morgan fingerprint density at radius 3 is 2.67 bits per heavy atom. The third kappa shape index (κ3) is 5.29. The fourth-order valence-corrected chi connectivity index (χ4v) is 5.47. The maximum Gasteiger partial charge on any atom is 0.255 e. The highest BCUT2D eigenvalue weighted by molar-refractivity contribution is 7.99. The number of carbonyl (C=O) groups excluding carboxylic acids is 2. The number of nitrogens with zero attached hydrogens (tertiary/aromatic N) is 2. The van der Waals surface area contributed by atoms with Gasteiger partial charge in [0.25, 0.3) is 5.91 Å². The minimum atomic E-state index is -0.653. The van der Waals surface area contributed by atoms with Crippen molar-refractivity contribution in [1.29, 1.82) is 0 Å². The van der Waals surface area contributed by atoms with E-state index in [4.69, 9.17) is 4.74 Å². The number of likely N-dealkylation sites (N-methyl/N-ethyl adjacent to an activating group) is 1. The number of rotatable bonds is 9. The molecule has 0 radical (unpaired) electrons. The number of thioether (sulfide) groups is 1. The molecule has 2 aliphatic rings. The monoisotopic (exact) mass is 396 g/mol. The standard InChI is InChI=1S/C21H36N2O3S/c1-5-9-17(6-2)19(24)22(4)16-18-10-8-13-23(18)20(25)21(26-7-3)11-14-27-15-12-21/h5,17-18H,1,6-16H2,2-4H3. The predicted molar refractivity (Wildman–Crippen MR) is 112 cm³/mol. The largest absolute Gasteiger partial charge is 0.365 e. The molecule has 0 saturated carbocycles. The molecule has 0 N–H and O–H groups in total. The number of allylic oxidation sites excluding steroid dienone is 1. The van der Waals surface area contributed by atoms with Crippen LogP contribution in [0.1, 0.15) is 52.4 Å². The molecule has 2 saturated heterocycles. The summed E-state index contributed by atoms with van der Waals surface area (Å²) in [7, 11) is 1.87. The van der Waals surface area contributed by atoms with Gasteiger partial charge in [0, 0.05) is 38.7 Å². The van der Waals surface area contributed by atoms with Gasteiger partial charge in [-0.15, -0.1) is 6.58 Å². The van der Waals surface area contributed by atoms with Crippen LogP contribution in [-0.2, 0) is 14.3 Å². The number of likely N-dealkylation sites (tertiary alicyclic amines) is 1. The second-order valence-corrected chi connectivity index (χ2v) is 8.91. The van der Waals surface area contributed by atoms with E-state index >= 15 is 0 Å². The first kappa shape index (κ1) is 22.3. The second kappa shape index (κ2) is 10.5. The zero-order valence-electron chi connectivity index (χ0n) is 17.2. The molecule has 0 aliphatic carbocycles. The Balaban J connectivity index is 2.06. The Labute approximate surface area is 168 Å². The molecule has 154 valence electrons. The molecule has 5 nitrogen and oxygen atoms in total. The molecule has 2 atom stereocenters. The van der Waals surface area contributed by atoms with Crippen LogP contribution in [0.2, 0.25) is 0 Å². The van der Waals surface area contributed by atoms with Gasteiger partial charge < -0.3 is 14.5 Å². The van der Waals surface area contributed by atoms with Crippen molar-refractivity contribution in [1.82, 2.24) is 9.80 Å². The quantitative estimate of drug-likeness (QED) is 0.561. The van der Waals surface area contributed by atoms with Gasteiger partial charge in [-0.1, -0.05) is 13.0 Å². The van der Waals surface area contributed by atoms with Crippen LogP contribution in [0.4, 0.5) is 0 Å². The van der Waals surface area contributed by atoms with E-state index in [1.165, 1.54) is 0 Å². The van der Waals surface area contributed by atoms with E-state index in [-0.39, 0.29) is 23.8 Å². The highest BCUT2D eigenvalue weighted by Gasteiger charge is 2.46. The molecule has 27 heavy (non-hydrogen) atoms. The van der Waals surface area contributed by atoms with Gasteiger partial charge in [-0.05, 0) is 57.0 Å². The lowest BCUT2D eigenvalue weighted by atomic mass is 9.94. The molecular formula is C21H36N2O3S. The van der Waals surface area contributed by atoms with Crippen molar-refractivity contribution in [3.63, 3.8) is 0 Å². The summed E-state index contributed by atoms with van der Waals surface area (Å²) in [5.41, 5.74) is -0.653. The number of hydrogen-bond donors (Lipinski definition) is 0. The van der Waals surface area contributed by atoms with Gasteiger partial charge in [0.15, 0.2) is 0 Å². The van der Waals surface area contributed by atoms with E-state index in [2.05, 4.69) is 6.58 Å². The van der Waals surface area contributed by atoms with E-state index < -0.39 is 5.60 Å². The van der Waals surface area contributed by atoms with Crippen LogP contribution in [-0.4, -0.2) is 71.5 Å². The van der Waals surface area contributed by atoms with E-state index in [1.54, 1.807) is 0 Å². The average Bonchev–Trinajstić information content (AvgIpc) is 3.13. The van der Waals surface area contributed by atoms with Gasteiger partial charge in [-0.25, -0.2) is 0 Å². The molecule has 2 aliphatic heterocycles. The van der Waals surface area contributed by atoms with E-state index in [1.807, 2.05) is 48.5 Å². The van der Waals surface area contributed by atoms with E-state index in [9.17, 15) is 9.59 Å². The van der Waals surface area contributed by atoms with E-state index in [0.717, 1.165) is 50.2 Å². The molecule has 0 aromatic rings. The number of hydrogen-bond acceptors (Lipinski definition) is 4. The molecule has 0 aromatic carbocycles. The zero-order valence-corrected chi connectivity index (χ0v) is 18.1. The first-order chi connectivity index (χ1) is 13.0. The lowest BCUT2D eigenvalue weighted by molar-refractivity contribution is -0.161. The molecule has 2 heterocycles. The van der Waals surface area contributed by atoms with Crippen LogP contribution in [0.15, 0.2) is 12.7 Å². The van der Waals surface area contributed by atoms with Crippen molar-refractivity contribution in [2.45, 2.75) is 64.0 Å². The summed E-state index contributed by atoms with van der Waals surface area (Å²) in [5.74, 6) is 2.24. The van der Waals surface area contributed by atoms with Crippen LogP contribution in [0.3, 0.4) is 0 Å². The van der Waals surface area contributed by atoms with Gasteiger partial charge >= 0.3 is 0 Å². The van der Waals surface area contributed by atoms with Gasteiger partial charge in [-0.3, -0.25) is 9.59 Å². The van der Waals surface area contributed by atoms with Crippen molar-refractivity contribution < 1.29 is 14.3 Å². The molecule has 2 amide bonds. The molecule has 2 fully saturated rings.